The lowest BCUT2D eigenvalue weighted by Gasteiger charge is -1.97. The molecule has 12 heavy (non-hydrogen) atoms. The fourth-order valence-corrected chi connectivity index (χ4v) is 1.72. The molecule has 0 aliphatic rings. The third kappa shape index (κ3) is 1.25. The smallest absolute Gasteiger partial charge is 0.131 e. The first-order valence-electron chi connectivity index (χ1n) is 3.59. The molecule has 1 heterocycles. The van der Waals surface area contributed by atoms with Crippen molar-refractivity contribution in [2.24, 2.45) is 0 Å². The maximum absolute atomic E-state index is 13.1. The zero-order valence-electron chi connectivity index (χ0n) is 6.25. The van der Waals surface area contributed by atoms with Gasteiger partial charge in [0, 0.05) is 15.8 Å². The second-order valence-corrected chi connectivity index (χ2v) is 3.28. The minimum absolute atomic E-state index is 0.173. The molecule has 1 aromatic heterocycles. The first kappa shape index (κ1) is 7.50. The molecule has 0 fully saturated rings. The van der Waals surface area contributed by atoms with Crippen molar-refractivity contribution in [3.63, 3.8) is 0 Å². The molecule has 0 saturated carbocycles. The Kier molecular flexibility index (Phi) is 1.92. The molecule has 1 radical (unpaired) electrons. The van der Waals surface area contributed by atoms with Gasteiger partial charge >= 0.3 is 0 Å². The quantitative estimate of drug-likeness (QED) is 0.626. The van der Waals surface area contributed by atoms with Crippen LogP contribution in [0.5, 0.6) is 0 Å². The molecular formula is C10H6FS. The van der Waals surface area contributed by atoms with Crippen molar-refractivity contribution >= 4 is 11.3 Å². The van der Waals surface area contributed by atoms with Crippen molar-refractivity contribution in [3.05, 3.63) is 47.6 Å². The Hall–Kier alpha value is -1.15. The van der Waals surface area contributed by atoms with Crippen molar-refractivity contribution in [1.29, 1.82) is 0 Å². The first-order valence-corrected chi connectivity index (χ1v) is 4.40. The molecule has 0 N–H and O–H groups in total. The summed E-state index contributed by atoms with van der Waals surface area (Å²) < 4.78 is 13.1. The minimum Gasteiger partial charge on any atom is -0.206 e. The second-order valence-electron chi connectivity index (χ2n) is 2.40. The summed E-state index contributed by atoms with van der Waals surface area (Å²) in [6, 6.07) is 10.4. The van der Waals surface area contributed by atoms with E-state index < -0.39 is 0 Å². The van der Waals surface area contributed by atoms with Crippen molar-refractivity contribution in [2.75, 3.05) is 0 Å². The molecule has 0 unspecified atom stereocenters. The molecule has 59 valence electrons. The van der Waals surface area contributed by atoms with Crippen LogP contribution in [0.3, 0.4) is 0 Å². The number of benzene rings is 1. The molecule has 0 saturated heterocycles. The predicted octanol–water partition coefficient (Wildman–Crippen LogP) is 3.35. The van der Waals surface area contributed by atoms with Gasteiger partial charge in [-0.05, 0) is 18.2 Å². The molecule has 1 aromatic carbocycles. The summed E-state index contributed by atoms with van der Waals surface area (Å²) in [6.07, 6.45) is 0. The van der Waals surface area contributed by atoms with Crippen LogP contribution >= 0.6 is 11.3 Å². The van der Waals surface area contributed by atoms with Crippen LogP contribution in [0.25, 0.3) is 10.4 Å². The number of thiophene rings is 1. The van der Waals surface area contributed by atoms with Gasteiger partial charge in [0.25, 0.3) is 0 Å². The topological polar surface area (TPSA) is 0 Å². The molecule has 0 aliphatic carbocycles. The summed E-state index contributed by atoms with van der Waals surface area (Å²) in [4.78, 5) is 0.924. The molecule has 2 heteroatoms. The maximum atomic E-state index is 13.1. The van der Waals surface area contributed by atoms with E-state index in [1.54, 1.807) is 18.2 Å². The van der Waals surface area contributed by atoms with Crippen LogP contribution in [-0.4, -0.2) is 0 Å². The van der Waals surface area contributed by atoms with E-state index in [4.69, 9.17) is 0 Å². The van der Waals surface area contributed by atoms with Crippen LogP contribution < -0.4 is 0 Å². The van der Waals surface area contributed by atoms with Gasteiger partial charge in [0.15, 0.2) is 0 Å². The number of hydrogen-bond donors (Lipinski definition) is 0. The Morgan fingerprint density at radius 3 is 2.67 bits per heavy atom. The summed E-state index contributed by atoms with van der Waals surface area (Å²) in [5.74, 6) is -0.173. The van der Waals surface area contributed by atoms with Crippen LogP contribution in [0.1, 0.15) is 0 Å². The molecular weight excluding hydrogens is 171 g/mol. The molecule has 0 nitrogen and oxygen atoms in total. The average molecular weight is 177 g/mol. The van der Waals surface area contributed by atoms with E-state index in [2.05, 4.69) is 5.38 Å². The van der Waals surface area contributed by atoms with Crippen LogP contribution in [-0.2, 0) is 0 Å². The molecule has 0 amide bonds. The molecule has 2 aromatic rings. The van der Waals surface area contributed by atoms with Crippen LogP contribution in [0.2, 0.25) is 0 Å². The van der Waals surface area contributed by atoms with Gasteiger partial charge in [-0.15, -0.1) is 11.3 Å². The lowest BCUT2D eigenvalue weighted by molar-refractivity contribution is 0.631. The van der Waals surface area contributed by atoms with Gasteiger partial charge in [-0.1, -0.05) is 18.2 Å². The Labute approximate surface area is 74.3 Å². The zero-order valence-corrected chi connectivity index (χ0v) is 7.07. The van der Waals surface area contributed by atoms with Crippen LogP contribution in [0.15, 0.2) is 36.4 Å². The van der Waals surface area contributed by atoms with Gasteiger partial charge in [-0.25, -0.2) is 4.39 Å². The third-order valence-corrected chi connectivity index (χ3v) is 2.44. The van der Waals surface area contributed by atoms with Crippen LogP contribution in [0, 0.1) is 11.2 Å². The van der Waals surface area contributed by atoms with E-state index in [1.165, 1.54) is 17.4 Å². The highest BCUT2D eigenvalue weighted by molar-refractivity contribution is 7.13. The number of rotatable bonds is 1. The van der Waals surface area contributed by atoms with Gasteiger partial charge in [-0.3, -0.25) is 0 Å². The first-order chi connectivity index (χ1) is 5.88. The van der Waals surface area contributed by atoms with Gasteiger partial charge < -0.3 is 0 Å². The van der Waals surface area contributed by atoms with E-state index in [0.29, 0.717) is 5.56 Å². The molecule has 0 bridgehead atoms. The molecule has 0 aliphatic heterocycles. The Morgan fingerprint density at radius 2 is 2.00 bits per heavy atom. The summed E-state index contributed by atoms with van der Waals surface area (Å²) in [7, 11) is 0. The maximum Gasteiger partial charge on any atom is 0.131 e. The Balaban J connectivity index is 2.55. The number of hydrogen-bond acceptors (Lipinski definition) is 1. The Morgan fingerprint density at radius 1 is 1.17 bits per heavy atom. The standard InChI is InChI=1S/C10H6FS/c11-9-5-2-1-4-8(9)10-6-3-7-12-10/h1-6H. The largest absolute Gasteiger partial charge is 0.206 e. The van der Waals surface area contributed by atoms with E-state index in [0.717, 1.165) is 4.88 Å². The highest BCUT2D eigenvalue weighted by Crippen LogP contribution is 2.26. The van der Waals surface area contributed by atoms with Gasteiger partial charge in [0.1, 0.15) is 5.82 Å². The molecule has 0 spiro atoms. The minimum atomic E-state index is -0.173. The van der Waals surface area contributed by atoms with Gasteiger partial charge in [0.05, 0.1) is 0 Å². The fourth-order valence-electron chi connectivity index (χ4n) is 1.05. The number of halogens is 1. The average Bonchev–Trinajstić information content (AvgIpc) is 2.57. The predicted molar refractivity (Wildman–Crippen MR) is 48.5 cm³/mol. The highest BCUT2D eigenvalue weighted by atomic mass is 32.1. The summed E-state index contributed by atoms with van der Waals surface area (Å²) in [6.45, 7) is 0. The van der Waals surface area contributed by atoms with E-state index in [1.807, 2.05) is 12.1 Å². The van der Waals surface area contributed by atoms with Crippen molar-refractivity contribution < 1.29 is 4.39 Å². The van der Waals surface area contributed by atoms with E-state index in [9.17, 15) is 4.39 Å². The summed E-state index contributed by atoms with van der Waals surface area (Å²) in [5.41, 5.74) is 0.656. The van der Waals surface area contributed by atoms with Gasteiger partial charge in [0.2, 0.25) is 0 Å². The summed E-state index contributed by atoms with van der Waals surface area (Å²) >= 11 is 1.43. The SMILES string of the molecule is Fc1ccccc1-c1cc[c]s1. The highest BCUT2D eigenvalue weighted by Gasteiger charge is 2.03. The molecule has 2 rings (SSSR count). The third-order valence-electron chi connectivity index (χ3n) is 1.61. The van der Waals surface area contributed by atoms with E-state index in [-0.39, 0.29) is 5.82 Å². The monoisotopic (exact) mass is 177 g/mol. The lowest BCUT2D eigenvalue weighted by Crippen LogP contribution is -1.78. The van der Waals surface area contributed by atoms with Crippen molar-refractivity contribution in [1.82, 2.24) is 0 Å². The normalized spacial score (nSPS) is 10.1. The van der Waals surface area contributed by atoms with Crippen molar-refractivity contribution in [3.8, 4) is 10.4 Å². The second kappa shape index (κ2) is 3.07. The van der Waals surface area contributed by atoms with Gasteiger partial charge in [-0.2, -0.15) is 0 Å². The van der Waals surface area contributed by atoms with Crippen molar-refractivity contribution in [2.45, 2.75) is 0 Å². The lowest BCUT2D eigenvalue weighted by atomic mass is 10.2. The van der Waals surface area contributed by atoms with Crippen LogP contribution in [0.4, 0.5) is 4.39 Å². The molecule has 0 atom stereocenters. The van der Waals surface area contributed by atoms with E-state index >= 15 is 0 Å². The zero-order chi connectivity index (χ0) is 8.39. The summed E-state index contributed by atoms with van der Waals surface area (Å²) in [5, 5.41) is 2.93. The Bertz CT molecular complexity index is 365. The fraction of sp³-hybridized carbons (Fsp3) is 0.